The lowest BCUT2D eigenvalue weighted by molar-refractivity contribution is -0.131. The number of hydrogen-bond acceptors (Lipinski definition) is 4. The number of rotatable bonds is 6. The van der Waals surface area contributed by atoms with Crippen molar-refractivity contribution in [1.82, 2.24) is 0 Å². The Labute approximate surface area is 156 Å². The van der Waals surface area contributed by atoms with Crippen molar-refractivity contribution in [2.24, 2.45) is 0 Å². The van der Waals surface area contributed by atoms with E-state index < -0.39 is 11.9 Å². The van der Waals surface area contributed by atoms with E-state index in [1.165, 1.54) is 16.9 Å². The summed E-state index contributed by atoms with van der Waals surface area (Å²) in [5.74, 6) is -1.31. The van der Waals surface area contributed by atoms with Gasteiger partial charge < -0.3 is 10.4 Å². The van der Waals surface area contributed by atoms with E-state index in [-0.39, 0.29) is 0 Å². The summed E-state index contributed by atoms with van der Waals surface area (Å²) in [5.41, 5.74) is 3.35. The quantitative estimate of drug-likeness (QED) is 0.724. The Balaban J connectivity index is 2.36. The number of amides is 1. The number of carbonyl (C=O) groups excluding carboxylic acids is 1. The van der Waals surface area contributed by atoms with Crippen molar-refractivity contribution < 1.29 is 14.7 Å². The fraction of sp³-hybridized carbons (Fsp3) is 0.250. The molecule has 0 spiro atoms. The monoisotopic (exact) mass is 368 g/mol. The average molecular weight is 368 g/mol. The van der Waals surface area contributed by atoms with Crippen molar-refractivity contribution in [2.45, 2.75) is 33.1 Å². The Morgan fingerprint density at radius 1 is 1.31 bits per heavy atom. The molecule has 134 valence electrons. The number of nitrogens with zero attached hydrogens (tertiary/aromatic N) is 1. The topological polar surface area (TPSA) is 90.2 Å². The van der Waals surface area contributed by atoms with E-state index in [2.05, 4.69) is 37.4 Å². The minimum Gasteiger partial charge on any atom is -0.478 e. The number of hydrogen-bond donors (Lipinski definition) is 2. The van der Waals surface area contributed by atoms with Gasteiger partial charge >= 0.3 is 5.97 Å². The Hall–Kier alpha value is -2.91. The van der Waals surface area contributed by atoms with Gasteiger partial charge in [0.15, 0.2) is 0 Å². The van der Waals surface area contributed by atoms with Crippen LogP contribution < -0.4 is 5.32 Å². The van der Waals surface area contributed by atoms with E-state index in [9.17, 15) is 14.9 Å². The molecule has 0 aliphatic carbocycles. The van der Waals surface area contributed by atoms with Crippen LogP contribution in [-0.4, -0.2) is 17.0 Å². The Bertz CT molecular complexity index is 889. The zero-order chi connectivity index (χ0) is 19.3. The molecular formula is C20H20N2O3S. The van der Waals surface area contributed by atoms with E-state index >= 15 is 0 Å². The summed E-state index contributed by atoms with van der Waals surface area (Å²) in [5, 5.41) is 21.2. The molecule has 1 heterocycles. The highest BCUT2D eigenvalue weighted by Gasteiger charge is 2.18. The first-order chi connectivity index (χ1) is 12.4. The predicted octanol–water partition coefficient (Wildman–Crippen LogP) is 4.69. The number of carboxylic acid groups (broad SMARTS) is 1. The highest BCUT2D eigenvalue weighted by atomic mass is 32.1. The fourth-order valence-electron chi connectivity index (χ4n) is 2.60. The van der Waals surface area contributed by atoms with Crippen LogP contribution in [0.3, 0.4) is 0 Å². The molecule has 0 fully saturated rings. The number of nitriles is 1. The molecule has 5 nitrogen and oxygen atoms in total. The van der Waals surface area contributed by atoms with E-state index in [0.29, 0.717) is 16.5 Å². The minimum atomic E-state index is -1.20. The number of carbonyl (C=O) groups is 2. The van der Waals surface area contributed by atoms with E-state index in [0.717, 1.165) is 34.6 Å². The largest absolute Gasteiger partial charge is 0.478 e. The standard InChI is InChI=1S/C20H20N2O3S/c1-4-12(2)14-5-7-15(8-6-14)19-13(3)26-20(16(19)11-21)22-17(23)9-10-18(24)25/h5-10,12H,4H2,1-3H3,(H,22,23)(H,24,25). The van der Waals surface area contributed by atoms with Crippen molar-refractivity contribution >= 4 is 28.2 Å². The van der Waals surface area contributed by atoms with E-state index in [1.807, 2.05) is 19.1 Å². The Kier molecular flexibility index (Phi) is 6.31. The van der Waals surface area contributed by atoms with Crippen LogP contribution in [0.4, 0.5) is 5.00 Å². The van der Waals surface area contributed by atoms with Crippen LogP contribution in [0, 0.1) is 18.3 Å². The molecule has 0 radical (unpaired) electrons. The average Bonchev–Trinajstić information content (AvgIpc) is 2.94. The summed E-state index contributed by atoms with van der Waals surface area (Å²) in [6.45, 7) is 6.21. The summed E-state index contributed by atoms with van der Waals surface area (Å²) in [7, 11) is 0. The first kappa shape index (κ1) is 19.4. The highest BCUT2D eigenvalue weighted by molar-refractivity contribution is 7.17. The van der Waals surface area contributed by atoms with Crippen LogP contribution in [0.25, 0.3) is 11.1 Å². The third-order valence-corrected chi connectivity index (χ3v) is 5.21. The molecule has 1 aromatic carbocycles. The summed E-state index contributed by atoms with van der Waals surface area (Å²) >= 11 is 1.30. The first-order valence-electron chi connectivity index (χ1n) is 8.23. The predicted molar refractivity (Wildman–Crippen MR) is 103 cm³/mol. The lowest BCUT2D eigenvalue weighted by atomic mass is 9.95. The van der Waals surface area contributed by atoms with E-state index in [4.69, 9.17) is 5.11 Å². The maximum absolute atomic E-state index is 11.8. The fourth-order valence-corrected chi connectivity index (χ4v) is 3.63. The smallest absolute Gasteiger partial charge is 0.328 e. The highest BCUT2D eigenvalue weighted by Crippen LogP contribution is 2.39. The molecule has 1 atom stereocenters. The van der Waals surface area contributed by atoms with Crippen molar-refractivity contribution in [1.29, 1.82) is 5.26 Å². The van der Waals surface area contributed by atoms with Crippen LogP contribution >= 0.6 is 11.3 Å². The molecular weight excluding hydrogens is 348 g/mol. The summed E-state index contributed by atoms with van der Waals surface area (Å²) in [6.07, 6.45) is 2.75. The molecule has 0 aliphatic heterocycles. The zero-order valence-corrected chi connectivity index (χ0v) is 15.7. The molecule has 6 heteroatoms. The van der Waals surface area contributed by atoms with Crippen LogP contribution in [0.5, 0.6) is 0 Å². The minimum absolute atomic E-state index is 0.390. The molecule has 1 amide bonds. The summed E-state index contributed by atoms with van der Waals surface area (Å²) < 4.78 is 0. The molecule has 0 aliphatic rings. The number of aryl methyl sites for hydroxylation is 1. The van der Waals surface area contributed by atoms with Gasteiger partial charge in [-0.05, 0) is 30.4 Å². The maximum Gasteiger partial charge on any atom is 0.328 e. The normalized spacial score (nSPS) is 11.9. The van der Waals surface area contributed by atoms with Gasteiger partial charge in [-0.1, -0.05) is 38.1 Å². The van der Waals surface area contributed by atoms with E-state index in [1.54, 1.807) is 0 Å². The SMILES string of the molecule is CCC(C)c1ccc(-c2c(C)sc(NC(=O)C=CC(=O)O)c2C#N)cc1. The van der Waals surface area contributed by atoms with Gasteiger partial charge in [0, 0.05) is 22.6 Å². The molecule has 1 aromatic heterocycles. The number of carboxylic acids is 1. The van der Waals surface area contributed by atoms with Gasteiger partial charge in [-0.3, -0.25) is 4.79 Å². The third-order valence-electron chi connectivity index (χ3n) is 4.19. The Morgan fingerprint density at radius 3 is 2.50 bits per heavy atom. The van der Waals surface area contributed by atoms with Gasteiger partial charge in [-0.15, -0.1) is 11.3 Å². The number of benzene rings is 1. The van der Waals surface area contributed by atoms with Gasteiger partial charge in [0.2, 0.25) is 5.91 Å². The number of thiophene rings is 1. The molecule has 26 heavy (non-hydrogen) atoms. The van der Waals surface area contributed by atoms with Crippen molar-refractivity contribution in [3.8, 4) is 17.2 Å². The molecule has 1 unspecified atom stereocenters. The maximum atomic E-state index is 11.8. The van der Waals surface area contributed by atoms with Crippen molar-refractivity contribution in [3.63, 3.8) is 0 Å². The number of anilines is 1. The molecule has 0 bridgehead atoms. The second kappa shape index (κ2) is 8.45. The van der Waals surface area contributed by atoms with Gasteiger partial charge in [0.1, 0.15) is 11.1 Å². The summed E-state index contributed by atoms with van der Waals surface area (Å²) in [6, 6.07) is 10.3. The van der Waals surface area contributed by atoms with Gasteiger partial charge in [-0.2, -0.15) is 5.26 Å². The number of aliphatic carboxylic acids is 1. The van der Waals surface area contributed by atoms with Crippen LogP contribution in [0.1, 0.15) is 42.2 Å². The van der Waals surface area contributed by atoms with Crippen molar-refractivity contribution in [3.05, 3.63) is 52.4 Å². The zero-order valence-electron chi connectivity index (χ0n) is 14.9. The molecule has 2 rings (SSSR count). The third kappa shape index (κ3) is 4.38. The second-order valence-corrected chi connectivity index (χ2v) is 7.17. The number of nitrogens with one attached hydrogen (secondary N) is 1. The lowest BCUT2D eigenvalue weighted by Crippen LogP contribution is -2.08. The summed E-state index contributed by atoms with van der Waals surface area (Å²) in [4.78, 5) is 23.2. The van der Waals surface area contributed by atoms with Crippen LogP contribution in [-0.2, 0) is 9.59 Å². The second-order valence-electron chi connectivity index (χ2n) is 5.94. The Morgan fingerprint density at radius 2 is 1.96 bits per heavy atom. The molecule has 0 saturated heterocycles. The van der Waals surface area contributed by atoms with Crippen LogP contribution in [0.15, 0.2) is 36.4 Å². The first-order valence-corrected chi connectivity index (χ1v) is 9.04. The van der Waals surface area contributed by atoms with Crippen molar-refractivity contribution in [2.75, 3.05) is 5.32 Å². The van der Waals surface area contributed by atoms with Gasteiger partial charge in [0.25, 0.3) is 0 Å². The lowest BCUT2D eigenvalue weighted by Gasteiger charge is -2.10. The molecule has 2 aromatic rings. The molecule has 2 N–H and O–H groups in total. The van der Waals surface area contributed by atoms with Gasteiger partial charge in [-0.25, -0.2) is 4.79 Å². The van der Waals surface area contributed by atoms with Gasteiger partial charge in [0.05, 0.1) is 5.56 Å². The molecule has 0 saturated carbocycles. The van der Waals surface area contributed by atoms with Crippen LogP contribution in [0.2, 0.25) is 0 Å².